The van der Waals surface area contributed by atoms with E-state index in [2.05, 4.69) is 50.6 Å². The topological polar surface area (TPSA) is 91.4 Å². The van der Waals surface area contributed by atoms with Crippen LogP contribution in [0.5, 0.6) is 5.75 Å². The highest BCUT2D eigenvalue weighted by Crippen LogP contribution is 2.56. The number of aryl methyl sites for hydroxylation is 1. The van der Waals surface area contributed by atoms with Gasteiger partial charge in [0.2, 0.25) is 10.0 Å². The Morgan fingerprint density at radius 3 is 2.69 bits per heavy atom. The van der Waals surface area contributed by atoms with E-state index >= 15 is 0 Å². The molecule has 3 fully saturated rings. The minimum atomic E-state index is -3.99. The molecule has 1 N–H and O–H groups in total. The third-order valence-corrected chi connectivity index (χ3v) is 16.7. The maximum absolute atomic E-state index is 14.6. The molecule has 1 saturated carbocycles. The van der Waals surface area contributed by atoms with Crippen LogP contribution < -0.4 is 14.4 Å². The van der Waals surface area contributed by atoms with Gasteiger partial charge in [0.25, 0.3) is 5.91 Å². The fraction of sp³-hybridized carbons (Fsp3) is 0.651. The molecule has 2 saturated heterocycles. The Morgan fingerprint density at radius 2 is 1.91 bits per heavy atom. The Labute approximate surface area is 332 Å². The number of nitrogens with zero attached hydrogens (tertiary/aromatic N) is 3. The van der Waals surface area contributed by atoms with E-state index in [0.717, 1.165) is 69.0 Å². The highest BCUT2D eigenvalue weighted by atomic mass is 35.5. The molecule has 9 nitrogen and oxygen atoms in total. The molecule has 4 heterocycles. The van der Waals surface area contributed by atoms with Crippen molar-refractivity contribution >= 4 is 33.2 Å². The van der Waals surface area contributed by atoms with Crippen LogP contribution in [-0.4, -0.2) is 107 Å². The van der Waals surface area contributed by atoms with E-state index in [1.54, 1.807) is 13.0 Å². The summed E-state index contributed by atoms with van der Waals surface area (Å²) in [4.78, 5) is 21.1. The van der Waals surface area contributed by atoms with Gasteiger partial charge in [-0.3, -0.25) is 14.6 Å². The van der Waals surface area contributed by atoms with Gasteiger partial charge >= 0.3 is 0 Å². The summed E-state index contributed by atoms with van der Waals surface area (Å²) in [7, 11) is -2.17. The lowest BCUT2D eigenvalue weighted by molar-refractivity contribution is -0.133. The lowest BCUT2D eigenvalue weighted by atomic mass is 9.54. The molecule has 0 aromatic heterocycles. The normalized spacial score (nSPS) is 37.3. The number of hydrogen-bond acceptors (Lipinski definition) is 8. The van der Waals surface area contributed by atoms with E-state index in [-0.39, 0.29) is 34.3 Å². The van der Waals surface area contributed by atoms with Crippen molar-refractivity contribution in [2.45, 2.75) is 101 Å². The molecule has 2 bridgehead atoms. The number of methoxy groups -OCH3 is 1. The first kappa shape index (κ1) is 39.1. The van der Waals surface area contributed by atoms with Crippen LogP contribution in [0.25, 0.3) is 0 Å². The number of anilines is 1. The molecule has 8 rings (SSSR count). The van der Waals surface area contributed by atoms with Crippen LogP contribution in [0, 0.1) is 17.3 Å². The third kappa shape index (κ3) is 7.34. The molecular formula is C43H58ClFN4O5S. The monoisotopic (exact) mass is 796 g/mol. The molecule has 2 aromatic rings. The van der Waals surface area contributed by atoms with Gasteiger partial charge in [0.1, 0.15) is 17.5 Å². The number of fused-ring (bicyclic) bond motifs is 5. The predicted octanol–water partition coefficient (Wildman–Crippen LogP) is 6.78. The van der Waals surface area contributed by atoms with Crippen LogP contribution in [0.4, 0.5) is 10.1 Å². The van der Waals surface area contributed by atoms with E-state index in [1.165, 1.54) is 11.1 Å². The summed E-state index contributed by atoms with van der Waals surface area (Å²) in [5.74, 6) is -0.0560. The van der Waals surface area contributed by atoms with Crippen LogP contribution in [0.3, 0.4) is 0 Å². The Bertz CT molecular complexity index is 1930. The first-order valence-corrected chi connectivity index (χ1v) is 22.4. The van der Waals surface area contributed by atoms with Crippen molar-refractivity contribution in [3.05, 3.63) is 70.3 Å². The number of halogens is 2. The third-order valence-electron chi connectivity index (χ3n) is 14.5. The SMILES string of the molecule is CO[C@]1(CN2CCN3CC[C@@H](F)C[C@H]3C2)/C=C/C[C@H](C)[C@@H](C)S(=O)(=O)NC(=O)c2ccc3c(c2)N(CC2(C)CC[C@H]21)C[C@@]1(CCCc2cc(Cl)ccc21)CO3. The summed E-state index contributed by atoms with van der Waals surface area (Å²) in [5.41, 5.74) is 2.48. The number of hydrogen-bond donors (Lipinski definition) is 1. The Kier molecular flexibility index (Phi) is 10.6. The molecular weight excluding hydrogens is 739 g/mol. The first-order chi connectivity index (χ1) is 26.2. The predicted molar refractivity (Wildman–Crippen MR) is 215 cm³/mol. The first-order valence-electron chi connectivity index (χ1n) is 20.4. The van der Waals surface area contributed by atoms with E-state index in [4.69, 9.17) is 21.1 Å². The summed E-state index contributed by atoms with van der Waals surface area (Å²) in [6, 6.07) is 11.8. The summed E-state index contributed by atoms with van der Waals surface area (Å²) in [5, 5.41) is -0.0792. The lowest BCUT2D eigenvalue weighted by Crippen LogP contribution is -2.64. The zero-order valence-electron chi connectivity index (χ0n) is 32.9. The molecule has 0 radical (unpaired) electrons. The van der Waals surface area contributed by atoms with E-state index < -0.39 is 33.0 Å². The van der Waals surface area contributed by atoms with Gasteiger partial charge < -0.3 is 14.4 Å². The molecule has 2 aliphatic carbocycles. The van der Waals surface area contributed by atoms with Gasteiger partial charge in [-0.05, 0) is 117 Å². The van der Waals surface area contributed by atoms with Gasteiger partial charge in [-0.25, -0.2) is 17.5 Å². The summed E-state index contributed by atoms with van der Waals surface area (Å²) in [6.07, 6.45) is 10.2. The highest BCUT2D eigenvalue weighted by Gasteiger charge is 2.56. The van der Waals surface area contributed by atoms with Crippen molar-refractivity contribution in [2.75, 3.05) is 64.4 Å². The molecule has 12 heteroatoms. The van der Waals surface area contributed by atoms with Gasteiger partial charge in [0, 0.05) is 75.0 Å². The van der Waals surface area contributed by atoms with E-state index in [9.17, 15) is 17.6 Å². The molecule has 300 valence electrons. The average molecular weight is 797 g/mol. The van der Waals surface area contributed by atoms with Gasteiger partial charge in [0.15, 0.2) is 0 Å². The maximum Gasteiger partial charge on any atom is 0.264 e. The summed E-state index contributed by atoms with van der Waals surface area (Å²) < 4.78 is 57.9. The number of piperazine rings is 1. The van der Waals surface area contributed by atoms with Gasteiger partial charge in [-0.2, -0.15) is 0 Å². The number of rotatable bonds is 3. The molecule has 4 aliphatic heterocycles. The van der Waals surface area contributed by atoms with Crippen molar-refractivity contribution in [1.82, 2.24) is 14.5 Å². The quantitative estimate of drug-likeness (QED) is 0.341. The molecule has 8 atom stereocenters. The second-order valence-corrected chi connectivity index (χ2v) is 20.5. The van der Waals surface area contributed by atoms with Gasteiger partial charge in [0.05, 0.1) is 17.5 Å². The van der Waals surface area contributed by atoms with E-state index in [0.29, 0.717) is 51.3 Å². The number of benzene rings is 2. The minimum absolute atomic E-state index is 0.149. The van der Waals surface area contributed by atoms with Crippen molar-refractivity contribution in [2.24, 2.45) is 17.3 Å². The lowest BCUT2D eigenvalue weighted by Gasteiger charge is -2.58. The number of amides is 1. The molecule has 1 amide bonds. The minimum Gasteiger partial charge on any atom is -0.490 e. The molecule has 55 heavy (non-hydrogen) atoms. The van der Waals surface area contributed by atoms with Crippen LogP contribution in [-0.2, 0) is 26.6 Å². The Morgan fingerprint density at radius 1 is 1.07 bits per heavy atom. The summed E-state index contributed by atoms with van der Waals surface area (Å²) >= 11 is 6.52. The number of nitrogens with one attached hydrogen (secondary N) is 1. The van der Waals surface area contributed by atoms with Crippen molar-refractivity contribution in [3.8, 4) is 5.75 Å². The largest absolute Gasteiger partial charge is 0.490 e. The molecule has 2 aromatic carbocycles. The standard InChI is InChI=1S/C43H58ClFN4O5S/c1-29-7-5-16-43(53-4,27-47-19-20-48-18-14-34(45)23-35(48)24-47)39-13-17-41(39,3)25-49-26-42(15-6-8-31-21-33(44)10-11-36(31)42)28-54-38-12-9-32(22-37(38)49)40(50)46-55(51,52)30(29)2/h5,9-12,16,21-22,29-30,34-35,39H,6-8,13-15,17-20,23-28H2,1-4H3,(H,46,50)/b16-5+/t29-,30+,34+,35-,39+,41?,42-,43-/m0/s1. The van der Waals surface area contributed by atoms with E-state index in [1.807, 2.05) is 32.2 Å². The molecule has 1 unspecified atom stereocenters. The Balaban J connectivity index is 1.21. The Hall–Kier alpha value is -2.70. The summed E-state index contributed by atoms with van der Waals surface area (Å²) in [6.45, 7) is 12.0. The smallest absolute Gasteiger partial charge is 0.264 e. The number of carbonyl (C=O) groups excluding carboxylic acids is 1. The van der Waals surface area contributed by atoms with Crippen LogP contribution in [0.2, 0.25) is 5.02 Å². The zero-order valence-corrected chi connectivity index (χ0v) is 34.4. The number of allylic oxidation sites excluding steroid dienone is 1. The average Bonchev–Trinajstić information content (AvgIpc) is 3.29. The molecule has 6 aliphatic rings. The van der Waals surface area contributed by atoms with Crippen molar-refractivity contribution < 1.29 is 27.1 Å². The fourth-order valence-electron chi connectivity index (χ4n) is 11.0. The van der Waals surface area contributed by atoms with Crippen LogP contribution in [0.1, 0.15) is 87.2 Å². The number of sulfonamides is 1. The second-order valence-electron chi connectivity index (χ2n) is 18.0. The fourth-order valence-corrected chi connectivity index (χ4v) is 12.5. The highest BCUT2D eigenvalue weighted by molar-refractivity contribution is 7.90. The molecule has 1 spiro atoms. The zero-order chi connectivity index (χ0) is 38.8. The van der Waals surface area contributed by atoms with Crippen molar-refractivity contribution in [3.63, 3.8) is 0 Å². The van der Waals surface area contributed by atoms with Crippen molar-refractivity contribution in [1.29, 1.82) is 0 Å². The number of ether oxygens (including phenoxy) is 2. The van der Waals surface area contributed by atoms with Gasteiger partial charge in [-0.15, -0.1) is 0 Å². The van der Waals surface area contributed by atoms with Crippen LogP contribution >= 0.6 is 11.6 Å². The number of carbonyl (C=O) groups is 1. The number of piperidine rings is 1. The number of alkyl halides is 1. The second kappa shape index (κ2) is 14.9. The maximum atomic E-state index is 14.6. The van der Waals surface area contributed by atoms with Crippen LogP contribution in [0.15, 0.2) is 48.6 Å². The van der Waals surface area contributed by atoms with Gasteiger partial charge in [-0.1, -0.05) is 43.7 Å².